The molecule has 0 aromatic carbocycles. The summed E-state index contributed by atoms with van der Waals surface area (Å²) in [6, 6.07) is 0. The zero-order valence-electron chi connectivity index (χ0n) is 9.29. The molecule has 7 heteroatoms. The first-order valence-corrected chi connectivity index (χ1v) is 4.98. The van der Waals surface area contributed by atoms with Crippen molar-refractivity contribution in [3.63, 3.8) is 0 Å². The fraction of sp³-hybridized carbons (Fsp3) is 0.200. The van der Waals surface area contributed by atoms with Gasteiger partial charge in [-0.2, -0.15) is 0 Å². The van der Waals surface area contributed by atoms with Crippen molar-refractivity contribution in [1.82, 2.24) is 24.8 Å². The highest BCUT2D eigenvalue weighted by Crippen LogP contribution is 2.03. The summed E-state index contributed by atoms with van der Waals surface area (Å²) in [6.45, 7) is 0.387. The third-order valence-electron chi connectivity index (χ3n) is 2.18. The number of carbonyl (C=O) groups is 1. The molecule has 2 aromatic heterocycles. The molecule has 0 spiro atoms. The highest BCUT2D eigenvalue weighted by molar-refractivity contribution is 5.91. The van der Waals surface area contributed by atoms with Gasteiger partial charge in [-0.15, -0.1) is 0 Å². The molecule has 2 aromatic rings. The summed E-state index contributed by atoms with van der Waals surface area (Å²) < 4.78 is 0. The number of rotatable bonds is 3. The average molecular weight is 232 g/mol. The Hall–Kier alpha value is -2.44. The Kier molecular flexibility index (Phi) is 2.99. The molecule has 0 bridgehead atoms. The number of H-pyrrole nitrogens is 1. The molecule has 3 N–H and O–H groups in total. The molecule has 0 aliphatic rings. The van der Waals surface area contributed by atoms with E-state index in [1.165, 1.54) is 17.3 Å². The second kappa shape index (κ2) is 4.60. The predicted molar refractivity (Wildman–Crippen MR) is 60.8 cm³/mol. The van der Waals surface area contributed by atoms with Crippen LogP contribution in [0.5, 0.6) is 0 Å². The summed E-state index contributed by atoms with van der Waals surface area (Å²) in [6.07, 6.45) is 6.05. The molecule has 2 heterocycles. The van der Waals surface area contributed by atoms with Crippen LogP contribution >= 0.6 is 0 Å². The van der Waals surface area contributed by atoms with E-state index in [-0.39, 0.29) is 17.4 Å². The number of imidazole rings is 1. The lowest BCUT2D eigenvalue weighted by molar-refractivity contribution is 0.0775. The Labute approximate surface area is 97.7 Å². The maximum absolute atomic E-state index is 11.9. The normalized spacial score (nSPS) is 10.2. The van der Waals surface area contributed by atoms with Crippen molar-refractivity contribution in [2.75, 3.05) is 12.8 Å². The Morgan fingerprint density at radius 1 is 1.41 bits per heavy atom. The van der Waals surface area contributed by atoms with Gasteiger partial charge in [-0.3, -0.25) is 4.79 Å². The number of nitrogens with zero attached hydrogens (tertiary/aromatic N) is 4. The largest absolute Gasteiger partial charge is 0.382 e. The lowest BCUT2D eigenvalue weighted by Gasteiger charge is -2.14. The number of nitrogens with two attached hydrogens (primary N) is 1. The molecule has 88 valence electrons. The number of nitrogens with one attached hydrogen (secondary N) is 1. The number of amides is 1. The number of hydrogen-bond donors (Lipinski definition) is 2. The molecule has 17 heavy (non-hydrogen) atoms. The number of carbonyl (C=O) groups excluding carboxylic acids is 1. The fourth-order valence-electron chi connectivity index (χ4n) is 1.32. The van der Waals surface area contributed by atoms with Crippen LogP contribution in [0.4, 0.5) is 5.82 Å². The van der Waals surface area contributed by atoms with Crippen LogP contribution in [-0.4, -0.2) is 37.8 Å². The number of nitrogen functional groups attached to an aromatic ring is 1. The zero-order chi connectivity index (χ0) is 12.3. The summed E-state index contributed by atoms with van der Waals surface area (Å²) in [5.41, 5.74) is 5.66. The molecule has 0 aliphatic carbocycles. The highest BCUT2D eigenvalue weighted by Gasteiger charge is 2.14. The lowest BCUT2D eigenvalue weighted by Crippen LogP contribution is -2.27. The Balaban J connectivity index is 2.07. The molecule has 0 saturated heterocycles. The maximum atomic E-state index is 11.9. The average Bonchev–Trinajstić information content (AvgIpc) is 2.82. The van der Waals surface area contributed by atoms with Gasteiger partial charge in [-0.25, -0.2) is 15.0 Å². The van der Waals surface area contributed by atoms with E-state index >= 15 is 0 Å². The smallest absolute Gasteiger partial charge is 0.274 e. The molecule has 0 saturated carbocycles. The van der Waals surface area contributed by atoms with E-state index < -0.39 is 0 Å². The predicted octanol–water partition coefficient (Wildman–Crippen LogP) is 0.0541. The molecule has 0 unspecified atom stereocenters. The van der Waals surface area contributed by atoms with Gasteiger partial charge < -0.3 is 15.6 Å². The SMILES string of the molecule is CN(Cc1ncc[nH]1)C(=O)c1cnc(N)cn1. The highest BCUT2D eigenvalue weighted by atomic mass is 16.2. The van der Waals surface area contributed by atoms with E-state index in [4.69, 9.17) is 5.73 Å². The Morgan fingerprint density at radius 2 is 2.24 bits per heavy atom. The van der Waals surface area contributed by atoms with Gasteiger partial charge in [-0.1, -0.05) is 0 Å². The minimum Gasteiger partial charge on any atom is -0.382 e. The number of hydrogen-bond acceptors (Lipinski definition) is 5. The summed E-state index contributed by atoms with van der Waals surface area (Å²) >= 11 is 0. The van der Waals surface area contributed by atoms with E-state index in [2.05, 4.69) is 19.9 Å². The van der Waals surface area contributed by atoms with E-state index in [1.54, 1.807) is 19.4 Å². The van der Waals surface area contributed by atoms with Crippen molar-refractivity contribution in [2.45, 2.75) is 6.54 Å². The van der Waals surface area contributed by atoms with Crippen LogP contribution in [-0.2, 0) is 6.54 Å². The van der Waals surface area contributed by atoms with Crippen molar-refractivity contribution in [1.29, 1.82) is 0 Å². The van der Waals surface area contributed by atoms with Gasteiger partial charge in [0.05, 0.1) is 18.9 Å². The van der Waals surface area contributed by atoms with Crippen LogP contribution in [0.3, 0.4) is 0 Å². The first-order chi connectivity index (χ1) is 8.16. The van der Waals surface area contributed by atoms with Gasteiger partial charge in [0.1, 0.15) is 17.3 Å². The first kappa shape index (κ1) is 11.1. The second-order valence-electron chi connectivity index (χ2n) is 3.52. The van der Waals surface area contributed by atoms with Crippen LogP contribution in [0.15, 0.2) is 24.8 Å². The van der Waals surface area contributed by atoms with Crippen molar-refractivity contribution >= 4 is 11.7 Å². The van der Waals surface area contributed by atoms with Crippen LogP contribution < -0.4 is 5.73 Å². The third kappa shape index (κ3) is 2.57. The molecule has 1 amide bonds. The number of anilines is 1. The minimum absolute atomic E-state index is 0.228. The van der Waals surface area contributed by atoms with Gasteiger partial charge >= 0.3 is 0 Å². The summed E-state index contributed by atoms with van der Waals surface area (Å²) in [5, 5.41) is 0. The lowest BCUT2D eigenvalue weighted by atomic mass is 10.4. The van der Waals surface area contributed by atoms with Gasteiger partial charge in [0.15, 0.2) is 0 Å². The molecular formula is C10H12N6O. The van der Waals surface area contributed by atoms with Crippen molar-refractivity contribution in [3.8, 4) is 0 Å². The number of aromatic nitrogens is 4. The summed E-state index contributed by atoms with van der Waals surface area (Å²) in [7, 11) is 1.67. The minimum atomic E-state index is -0.228. The second-order valence-corrected chi connectivity index (χ2v) is 3.52. The first-order valence-electron chi connectivity index (χ1n) is 4.98. The molecule has 7 nitrogen and oxygen atoms in total. The Bertz CT molecular complexity index is 492. The molecule has 2 rings (SSSR count). The third-order valence-corrected chi connectivity index (χ3v) is 2.18. The topological polar surface area (TPSA) is 101 Å². The van der Waals surface area contributed by atoms with E-state index in [0.717, 1.165) is 0 Å². The standard InChI is InChI=1S/C10H12N6O/c1-16(6-9-12-2-3-13-9)10(17)7-4-15-8(11)5-14-7/h2-5H,6H2,1H3,(H2,11,15)(H,12,13). The van der Waals surface area contributed by atoms with Crippen LogP contribution in [0.1, 0.15) is 16.3 Å². The zero-order valence-corrected chi connectivity index (χ0v) is 9.29. The van der Waals surface area contributed by atoms with Gasteiger partial charge in [-0.05, 0) is 0 Å². The molecule has 0 atom stereocenters. The molecule has 0 aliphatic heterocycles. The summed E-state index contributed by atoms with van der Waals surface area (Å²) in [4.78, 5) is 28.1. The molecule has 0 fully saturated rings. The van der Waals surface area contributed by atoms with E-state index in [0.29, 0.717) is 12.4 Å². The number of aromatic amines is 1. The summed E-state index contributed by atoms with van der Waals surface area (Å²) in [5.74, 6) is 0.772. The van der Waals surface area contributed by atoms with Crippen molar-refractivity contribution in [2.24, 2.45) is 0 Å². The van der Waals surface area contributed by atoms with Crippen molar-refractivity contribution in [3.05, 3.63) is 36.3 Å². The van der Waals surface area contributed by atoms with Crippen LogP contribution in [0.25, 0.3) is 0 Å². The molecule has 0 radical (unpaired) electrons. The van der Waals surface area contributed by atoms with Gasteiger partial charge in [0.25, 0.3) is 5.91 Å². The molecular weight excluding hydrogens is 220 g/mol. The monoisotopic (exact) mass is 232 g/mol. The van der Waals surface area contributed by atoms with Crippen LogP contribution in [0, 0.1) is 0 Å². The van der Waals surface area contributed by atoms with Gasteiger partial charge in [0, 0.05) is 19.4 Å². The fourth-order valence-corrected chi connectivity index (χ4v) is 1.32. The van der Waals surface area contributed by atoms with E-state index in [9.17, 15) is 4.79 Å². The van der Waals surface area contributed by atoms with Gasteiger partial charge in [0.2, 0.25) is 0 Å². The van der Waals surface area contributed by atoms with E-state index in [1.807, 2.05) is 0 Å². The Morgan fingerprint density at radius 3 is 2.82 bits per heavy atom. The van der Waals surface area contributed by atoms with Crippen molar-refractivity contribution < 1.29 is 4.79 Å². The maximum Gasteiger partial charge on any atom is 0.274 e. The van der Waals surface area contributed by atoms with Crippen LogP contribution in [0.2, 0.25) is 0 Å². The quantitative estimate of drug-likeness (QED) is 0.778.